The predicted molar refractivity (Wildman–Crippen MR) is 129 cm³/mol. The number of aliphatic imine (C=N–C) groups is 1. The number of nitrogens with one attached hydrogen (secondary N) is 2. The Morgan fingerprint density at radius 2 is 1.97 bits per heavy atom. The SMILES string of the molecule is CCNC(=NCc1csc(N(C)C)n1)NCCCN1CCN(c2ccccc2F)CC1. The first-order valence-corrected chi connectivity index (χ1v) is 11.8. The number of rotatable bonds is 9. The van der Waals surface area contributed by atoms with Crippen molar-refractivity contribution in [1.29, 1.82) is 0 Å². The predicted octanol–water partition coefficient (Wildman–Crippen LogP) is 2.62. The van der Waals surface area contributed by atoms with Crippen molar-refractivity contribution in [2.24, 2.45) is 4.99 Å². The maximum absolute atomic E-state index is 14.0. The molecule has 31 heavy (non-hydrogen) atoms. The van der Waals surface area contributed by atoms with Gasteiger partial charge in [0.15, 0.2) is 11.1 Å². The zero-order chi connectivity index (χ0) is 22.1. The van der Waals surface area contributed by atoms with Crippen LogP contribution in [0, 0.1) is 5.82 Å². The van der Waals surface area contributed by atoms with Crippen LogP contribution in [-0.4, -0.2) is 75.8 Å². The standard InChI is InChI=1S/C22H34FN7S/c1-4-24-21(26-16-18-17-31-22(27-18)28(2)3)25-10-7-11-29-12-14-30(15-13-29)20-9-6-5-8-19(20)23/h5-6,8-9,17H,4,7,10-16H2,1-3H3,(H2,24,25,26). The van der Waals surface area contributed by atoms with Gasteiger partial charge in [0.05, 0.1) is 17.9 Å². The van der Waals surface area contributed by atoms with E-state index in [1.54, 1.807) is 17.4 Å². The van der Waals surface area contributed by atoms with Crippen molar-refractivity contribution < 1.29 is 4.39 Å². The van der Waals surface area contributed by atoms with Crippen molar-refractivity contribution >= 4 is 28.1 Å². The van der Waals surface area contributed by atoms with Gasteiger partial charge in [0.2, 0.25) is 0 Å². The van der Waals surface area contributed by atoms with E-state index in [1.807, 2.05) is 31.1 Å². The van der Waals surface area contributed by atoms with E-state index in [4.69, 9.17) is 0 Å². The summed E-state index contributed by atoms with van der Waals surface area (Å²) in [6.45, 7) is 8.99. The molecule has 0 aliphatic carbocycles. The highest BCUT2D eigenvalue weighted by molar-refractivity contribution is 7.13. The third-order valence-electron chi connectivity index (χ3n) is 5.17. The molecule has 0 bridgehead atoms. The van der Waals surface area contributed by atoms with Crippen LogP contribution < -0.4 is 20.4 Å². The van der Waals surface area contributed by atoms with Crippen molar-refractivity contribution in [2.45, 2.75) is 19.9 Å². The highest BCUT2D eigenvalue weighted by Crippen LogP contribution is 2.20. The average molecular weight is 448 g/mol. The summed E-state index contributed by atoms with van der Waals surface area (Å²) < 4.78 is 14.0. The van der Waals surface area contributed by atoms with Crippen molar-refractivity contribution in [3.8, 4) is 0 Å². The van der Waals surface area contributed by atoms with Gasteiger partial charge in [-0.3, -0.25) is 4.90 Å². The van der Waals surface area contributed by atoms with Gasteiger partial charge in [0.1, 0.15) is 5.82 Å². The summed E-state index contributed by atoms with van der Waals surface area (Å²) in [7, 11) is 3.99. The van der Waals surface area contributed by atoms with Gasteiger partial charge in [-0.05, 0) is 32.0 Å². The fraction of sp³-hybridized carbons (Fsp3) is 0.545. The van der Waals surface area contributed by atoms with E-state index in [-0.39, 0.29) is 5.82 Å². The van der Waals surface area contributed by atoms with E-state index in [2.05, 4.69) is 42.7 Å². The third-order valence-corrected chi connectivity index (χ3v) is 6.23. The minimum atomic E-state index is -0.133. The molecular weight excluding hydrogens is 413 g/mol. The largest absolute Gasteiger partial charge is 0.367 e. The van der Waals surface area contributed by atoms with E-state index in [1.165, 1.54) is 6.07 Å². The third kappa shape index (κ3) is 7.07. The Bertz CT molecular complexity index is 831. The summed E-state index contributed by atoms with van der Waals surface area (Å²) in [5, 5.41) is 9.78. The fourth-order valence-electron chi connectivity index (χ4n) is 3.51. The molecule has 1 aliphatic rings. The van der Waals surface area contributed by atoms with E-state index < -0.39 is 0 Å². The number of aromatic nitrogens is 1. The number of thiazole rings is 1. The molecule has 7 nitrogen and oxygen atoms in total. The summed E-state index contributed by atoms with van der Waals surface area (Å²) in [6.07, 6.45) is 1.03. The summed E-state index contributed by atoms with van der Waals surface area (Å²) in [6, 6.07) is 7.04. The Morgan fingerprint density at radius 1 is 1.19 bits per heavy atom. The molecule has 0 radical (unpaired) electrons. The molecule has 9 heteroatoms. The van der Waals surface area contributed by atoms with Gasteiger partial charge in [-0.25, -0.2) is 14.4 Å². The molecule has 0 atom stereocenters. The number of benzene rings is 1. The van der Waals surface area contributed by atoms with Crippen LogP contribution in [0.2, 0.25) is 0 Å². The molecule has 1 aromatic carbocycles. The minimum absolute atomic E-state index is 0.133. The van der Waals surface area contributed by atoms with Gasteiger partial charge >= 0.3 is 0 Å². The molecule has 2 aromatic rings. The number of guanidine groups is 1. The van der Waals surface area contributed by atoms with E-state index in [0.717, 1.165) is 69.0 Å². The van der Waals surface area contributed by atoms with Crippen LogP contribution in [0.15, 0.2) is 34.6 Å². The lowest BCUT2D eigenvalue weighted by Gasteiger charge is -2.36. The van der Waals surface area contributed by atoms with Gasteiger partial charge in [0.25, 0.3) is 0 Å². The molecule has 0 saturated carbocycles. The van der Waals surface area contributed by atoms with Gasteiger partial charge in [-0.2, -0.15) is 0 Å². The molecule has 3 rings (SSSR count). The first-order valence-electron chi connectivity index (χ1n) is 10.9. The van der Waals surface area contributed by atoms with Crippen molar-refractivity contribution in [3.63, 3.8) is 0 Å². The second kappa shape index (κ2) is 11.9. The summed E-state index contributed by atoms with van der Waals surface area (Å²) >= 11 is 1.63. The summed E-state index contributed by atoms with van der Waals surface area (Å²) in [4.78, 5) is 15.8. The van der Waals surface area contributed by atoms with Gasteiger partial charge in [-0.1, -0.05) is 12.1 Å². The molecule has 170 valence electrons. The monoisotopic (exact) mass is 447 g/mol. The molecule has 2 heterocycles. The van der Waals surface area contributed by atoms with Crippen molar-refractivity contribution in [3.05, 3.63) is 41.2 Å². The quantitative estimate of drug-likeness (QED) is 0.350. The topological polar surface area (TPSA) is 59.0 Å². The number of piperazine rings is 1. The highest BCUT2D eigenvalue weighted by Gasteiger charge is 2.18. The van der Waals surface area contributed by atoms with Crippen LogP contribution in [0.4, 0.5) is 15.2 Å². The highest BCUT2D eigenvalue weighted by atomic mass is 32.1. The Labute approximate surface area is 189 Å². The Kier molecular flexibility index (Phi) is 8.90. The van der Waals surface area contributed by atoms with Crippen LogP contribution in [0.1, 0.15) is 19.0 Å². The Hall–Kier alpha value is -2.39. The fourth-order valence-corrected chi connectivity index (χ4v) is 4.26. The van der Waals surface area contributed by atoms with Gasteiger partial charge in [0, 0.05) is 58.7 Å². The number of halogens is 1. The molecular formula is C22H34FN7S. The van der Waals surface area contributed by atoms with Crippen LogP contribution in [0.3, 0.4) is 0 Å². The molecule has 1 aromatic heterocycles. The maximum atomic E-state index is 14.0. The first-order chi connectivity index (χ1) is 15.1. The molecule has 0 spiro atoms. The van der Waals surface area contributed by atoms with Gasteiger partial charge < -0.3 is 20.4 Å². The molecule has 0 unspecified atom stereocenters. The molecule has 1 aliphatic heterocycles. The number of nitrogens with zero attached hydrogens (tertiary/aromatic N) is 5. The van der Waals surface area contributed by atoms with E-state index in [9.17, 15) is 4.39 Å². The zero-order valence-corrected chi connectivity index (χ0v) is 19.6. The number of hydrogen-bond acceptors (Lipinski definition) is 6. The number of para-hydroxylation sites is 1. The number of hydrogen-bond donors (Lipinski definition) is 2. The smallest absolute Gasteiger partial charge is 0.191 e. The summed E-state index contributed by atoms with van der Waals surface area (Å²) in [5.41, 5.74) is 1.70. The lowest BCUT2D eigenvalue weighted by atomic mass is 10.2. The van der Waals surface area contributed by atoms with Crippen LogP contribution in [0.25, 0.3) is 0 Å². The van der Waals surface area contributed by atoms with Gasteiger partial charge in [-0.15, -0.1) is 11.3 Å². The molecule has 2 N–H and O–H groups in total. The average Bonchev–Trinajstić information content (AvgIpc) is 3.25. The van der Waals surface area contributed by atoms with Crippen LogP contribution in [-0.2, 0) is 6.54 Å². The van der Waals surface area contributed by atoms with Crippen molar-refractivity contribution in [1.82, 2.24) is 20.5 Å². The normalized spacial score (nSPS) is 15.2. The maximum Gasteiger partial charge on any atom is 0.191 e. The molecule has 1 saturated heterocycles. The van der Waals surface area contributed by atoms with E-state index in [0.29, 0.717) is 12.2 Å². The zero-order valence-electron chi connectivity index (χ0n) is 18.8. The lowest BCUT2D eigenvalue weighted by molar-refractivity contribution is 0.254. The first kappa shape index (κ1) is 23.3. The lowest BCUT2D eigenvalue weighted by Crippen LogP contribution is -2.47. The second-order valence-corrected chi connectivity index (χ2v) is 8.61. The second-order valence-electron chi connectivity index (χ2n) is 7.77. The number of anilines is 2. The minimum Gasteiger partial charge on any atom is -0.367 e. The van der Waals surface area contributed by atoms with Crippen LogP contribution in [0.5, 0.6) is 0 Å². The van der Waals surface area contributed by atoms with E-state index >= 15 is 0 Å². The Balaban J connectivity index is 1.38. The van der Waals surface area contributed by atoms with Crippen molar-refractivity contribution in [2.75, 3.05) is 69.7 Å². The summed E-state index contributed by atoms with van der Waals surface area (Å²) in [5.74, 6) is 0.692. The van der Waals surface area contributed by atoms with Crippen LogP contribution >= 0.6 is 11.3 Å². The Morgan fingerprint density at radius 3 is 2.65 bits per heavy atom. The molecule has 1 fully saturated rings. The molecule has 0 amide bonds.